The molecule has 0 bridgehead atoms. The Bertz CT molecular complexity index is 599. The Hall–Kier alpha value is -0.100. The van der Waals surface area contributed by atoms with E-state index in [1.165, 1.54) is 14.6 Å². The largest absolute Gasteiger partial charge is 0.293 e. The van der Waals surface area contributed by atoms with Crippen molar-refractivity contribution in [3.63, 3.8) is 0 Å². The van der Waals surface area contributed by atoms with E-state index in [-0.39, 0.29) is 10.9 Å². The first-order valence-electron chi connectivity index (χ1n) is 5.78. The average molecular weight is 360 g/mol. The number of hydrogen-bond acceptors (Lipinski definition) is 3. The van der Waals surface area contributed by atoms with Crippen molar-refractivity contribution in [3.8, 4) is 9.75 Å². The number of carbonyl (C=O) groups excluding carboxylic acids is 1. The normalized spacial score (nSPS) is 19.0. The smallest absolute Gasteiger partial charge is 0.182 e. The molecule has 0 aliphatic carbocycles. The van der Waals surface area contributed by atoms with Crippen LogP contribution in [0.1, 0.15) is 23.0 Å². The van der Waals surface area contributed by atoms with Crippen LogP contribution in [0.15, 0.2) is 26.9 Å². The molecule has 2 aromatic heterocycles. The Labute approximate surface area is 126 Å². The Morgan fingerprint density at radius 2 is 2.22 bits per heavy atom. The first-order chi connectivity index (χ1) is 8.69. The first-order valence-corrected chi connectivity index (χ1v) is 9.83. The van der Waals surface area contributed by atoms with Crippen LogP contribution >= 0.6 is 38.6 Å². The molecule has 3 rings (SSSR count). The van der Waals surface area contributed by atoms with Crippen molar-refractivity contribution in [1.29, 1.82) is 0 Å². The van der Waals surface area contributed by atoms with E-state index in [4.69, 9.17) is 0 Å². The van der Waals surface area contributed by atoms with Crippen molar-refractivity contribution in [3.05, 3.63) is 26.9 Å². The number of hydrogen-bond donors (Lipinski definition) is 0. The Kier molecular flexibility index (Phi) is 3.67. The molecule has 1 nitrogen and oxygen atoms in total. The molecule has 0 spiro atoms. The molecule has 18 heavy (non-hydrogen) atoms. The van der Waals surface area contributed by atoms with E-state index in [2.05, 4.69) is 40.4 Å². The lowest BCUT2D eigenvalue weighted by Gasteiger charge is -2.10. The molecule has 0 amide bonds. The number of Topliss-reactive ketones (excluding diaryl/α,β-unsaturated/α-hetero) is 1. The van der Waals surface area contributed by atoms with Gasteiger partial charge in [0.1, 0.15) is 16.4 Å². The van der Waals surface area contributed by atoms with Gasteiger partial charge in [0.25, 0.3) is 0 Å². The predicted molar refractivity (Wildman–Crippen MR) is 85.3 cm³/mol. The molecule has 0 fully saturated rings. The molecule has 0 saturated heterocycles. The lowest BCUT2D eigenvalue weighted by Crippen LogP contribution is -2.21. The molecule has 1 unspecified atom stereocenters. The molecule has 5 heteroatoms. The van der Waals surface area contributed by atoms with Crippen molar-refractivity contribution < 1.29 is 4.79 Å². The number of ketones is 1. The topological polar surface area (TPSA) is 17.1 Å². The standard InChI is InChI=1S/C13H12BrOS3/c1-2-18-4-3-9(15)13-12(18)6-11(17-13)10-5-8(14)7-16-10/h5-7H,2-4H2,1H3/q+1. The van der Waals surface area contributed by atoms with E-state index >= 15 is 0 Å². The molecule has 0 saturated carbocycles. The van der Waals surface area contributed by atoms with Gasteiger partial charge in [-0.15, -0.1) is 22.7 Å². The third kappa shape index (κ3) is 2.22. The van der Waals surface area contributed by atoms with Crippen molar-refractivity contribution in [2.45, 2.75) is 18.2 Å². The van der Waals surface area contributed by atoms with Crippen molar-refractivity contribution >= 4 is 55.3 Å². The summed E-state index contributed by atoms with van der Waals surface area (Å²) in [6, 6.07) is 4.39. The summed E-state index contributed by atoms with van der Waals surface area (Å²) in [4.78, 5) is 16.8. The molecule has 1 atom stereocenters. The van der Waals surface area contributed by atoms with Gasteiger partial charge in [0.2, 0.25) is 0 Å². The van der Waals surface area contributed by atoms with E-state index in [9.17, 15) is 4.79 Å². The fraction of sp³-hybridized carbons (Fsp3) is 0.308. The average Bonchev–Trinajstić information content (AvgIpc) is 2.96. The van der Waals surface area contributed by atoms with Crippen LogP contribution in [0.3, 0.4) is 0 Å². The van der Waals surface area contributed by atoms with Crippen molar-refractivity contribution in [2.24, 2.45) is 0 Å². The predicted octanol–water partition coefficient (Wildman–Crippen LogP) is 4.82. The zero-order valence-electron chi connectivity index (χ0n) is 9.86. The highest BCUT2D eigenvalue weighted by atomic mass is 79.9. The Morgan fingerprint density at radius 3 is 2.89 bits per heavy atom. The summed E-state index contributed by atoms with van der Waals surface area (Å²) in [6.45, 7) is 2.22. The summed E-state index contributed by atoms with van der Waals surface area (Å²) in [5.41, 5.74) is 0. The molecular weight excluding hydrogens is 348 g/mol. The lowest BCUT2D eigenvalue weighted by molar-refractivity contribution is 0.0988. The van der Waals surface area contributed by atoms with Gasteiger partial charge >= 0.3 is 0 Å². The van der Waals surface area contributed by atoms with Crippen LogP contribution in [0.4, 0.5) is 0 Å². The second-order valence-electron chi connectivity index (χ2n) is 4.09. The van der Waals surface area contributed by atoms with E-state index in [0.717, 1.165) is 27.3 Å². The van der Waals surface area contributed by atoms with Crippen LogP contribution in [0.5, 0.6) is 0 Å². The molecule has 94 valence electrons. The monoisotopic (exact) mass is 359 g/mol. The second kappa shape index (κ2) is 5.12. The number of thiophene rings is 2. The zero-order chi connectivity index (χ0) is 12.7. The number of rotatable bonds is 2. The third-order valence-corrected chi connectivity index (χ3v) is 8.53. The van der Waals surface area contributed by atoms with Crippen LogP contribution in [0, 0.1) is 0 Å². The molecule has 3 heterocycles. The molecule has 0 N–H and O–H groups in total. The maximum Gasteiger partial charge on any atom is 0.182 e. The van der Waals surface area contributed by atoms with Gasteiger partial charge in [0, 0.05) is 31.7 Å². The van der Waals surface area contributed by atoms with Gasteiger partial charge in [0.05, 0.1) is 11.3 Å². The van der Waals surface area contributed by atoms with Crippen LogP contribution < -0.4 is 0 Å². The van der Waals surface area contributed by atoms with Gasteiger partial charge in [-0.05, 0) is 28.9 Å². The SMILES string of the molecule is CC[S+]1CCC(=O)c2sc(-c3cc(Br)cs3)cc21. The van der Waals surface area contributed by atoms with Gasteiger partial charge < -0.3 is 0 Å². The van der Waals surface area contributed by atoms with Gasteiger partial charge in [-0.3, -0.25) is 4.79 Å². The second-order valence-corrected chi connectivity index (χ2v) is 9.38. The van der Waals surface area contributed by atoms with Crippen LogP contribution in [-0.2, 0) is 10.9 Å². The maximum atomic E-state index is 12.0. The van der Waals surface area contributed by atoms with Gasteiger partial charge in [0.15, 0.2) is 10.7 Å². The summed E-state index contributed by atoms with van der Waals surface area (Å²) in [6.07, 6.45) is 0.734. The number of carbonyl (C=O) groups is 1. The number of fused-ring (bicyclic) bond motifs is 1. The van der Waals surface area contributed by atoms with Crippen molar-refractivity contribution in [1.82, 2.24) is 0 Å². The number of halogens is 1. The van der Waals surface area contributed by atoms with E-state index in [0.29, 0.717) is 5.78 Å². The highest BCUT2D eigenvalue weighted by Gasteiger charge is 2.35. The van der Waals surface area contributed by atoms with E-state index < -0.39 is 0 Å². The molecule has 0 radical (unpaired) electrons. The highest BCUT2D eigenvalue weighted by molar-refractivity contribution is 9.10. The van der Waals surface area contributed by atoms with E-state index in [1.807, 2.05) is 0 Å². The first kappa shape index (κ1) is 12.9. The van der Waals surface area contributed by atoms with Gasteiger partial charge in [-0.1, -0.05) is 0 Å². The third-order valence-electron chi connectivity index (χ3n) is 3.00. The van der Waals surface area contributed by atoms with Gasteiger partial charge in [-0.25, -0.2) is 0 Å². The maximum absolute atomic E-state index is 12.0. The fourth-order valence-corrected chi connectivity index (χ4v) is 7.09. The quantitative estimate of drug-likeness (QED) is 0.702. The molecule has 2 aromatic rings. The van der Waals surface area contributed by atoms with Crippen LogP contribution in [0.2, 0.25) is 0 Å². The van der Waals surface area contributed by atoms with Crippen molar-refractivity contribution in [2.75, 3.05) is 11.5 Å². The molecular formula is C13H12BrOS3+. The Morgan fingerprint density at radius 1 is 1.39 bits per heavy atom. The summed E-state index contributed by atoms with van der Waals surface area (Å²) in [7, 11) is 0.289. The zero-order valence-corrected chi connectivity index (χ0v) is 13.9. The van der Waals surface area contributed by atoms with E-state index in [1.54, 1.807) is 22.7 Å². The molecule has 1 aliphatic heterocycles. The lowest BCUT2D eigenvalue weighted by atomic mass is 10.2. The summed E-state index contributed by atoms with van der Waals surface area (Å²) in [5.74, 6) is 2.55. The van der Waals surface area contributed by atoms with Crippen LogP contribution in [0.25, 0.3) is 9.75 Å². The summed E-state index contributed by atoms with van der Waals surface area (Å²) >= 11 is 6.90. The fourth-order valence-electron chi connectivity index (χ4n) is 2.09. The summed E-state index contributed by atoms with van der Waals surface area (Å²) < 4.78 is 1.12. The summed E-state index contributed by atoms with van der Waals surface area (Å²) in [5, 5.41) is 2.09. The molecule has 0 aromatic carbocycles. The minimum absolute atomic E-state index is 0.289. The minimum atomic E-state index is 0.289. The van der Waals surface area contributed by atoms with Gasteiger partial charge in [-0.2, -0.15) is 0 Å². The Balaban J connectivity index is 2.07. The minimum Gasteiger partial charge on any atom is -0.293 e. The highest BCUT2D eigenvalue weighted by Crippen LogP contribution is 2.41. The molecule has 1 aliphatic rings. The van der Waals surface area contributed by atoms with Crippen LogP contribution in [-0.4, -0.2) is 17.3 Å².